The Morgan fingerprint density at radius 1 is 1.14 bits per heavy atom. The summed E-state index contributed by atoms with van der Waals surface area (Å²) in [5.74, 6) is 0.776. The summed E-state index contributed by atoms with van der Waals surface area (Å²) in [6.45, 7) is 6.37. The molecule has 0 saturated heterocycles. The highest BCUT2D eigenvalue weighted by Gasteiger charge is 2.15. The molecule has 0 N–H and O–H groups in total. The van der Waals surface area contributed by atoms with E-state index in [2.05, 4.69) is 37.8 Å². The predicted molar refractivity (Wildman–Crippen MR) is 120 cm³/mol. The first kappa shape index (κ1) is 18.7. The predicted octanol–water partition coefficient (Wildman–Crippen LogP) is 5.91. The number of thiophene rings is 1. The Labute approximate surface area is 172 Å². The molecule has 0 aliphatic rings. The van der Waals surface area contributed by atoms with E-state index in [9.17, 15) is 4.79 Å². The smallest absolute Gasteiger partial charge is 0.263 e. The van der Waals surface area contributed by atoms with Gasteiger partial charge in [-0.2, -0.15) is 0 Å². The van der Waals surface area contributed by atoms with E-state index in [1.165, 1.54) is 11.1 Å². The molecular formula is C23H20N2OS2. The van der Waals surface area contributed by atoms with E-state index in [4.69, 9.17) is 4.98 Å². The SMILES string of the molecule is C=CCn1c(SCc2ccccc2C)nc2sc(-c3ccccc3)cc2c1=O. The Morgan fingerprint density at radius 3 is 2.64 bits per heavy atom. The van der Waals surface area contributed by atoms with Crippen LogP contribution in [0.4, 0.5) is 0 Å². The lowest BCUT2D eigenvalue weighted by molar-refractivity contribution is 0.673. The van der Waals surface area contributed by atoms with Gasteiger partial charge in [-0.05, 0) is 29.7 Å². The molecule has 0 unspecified atom stereocenters. The number of nitrogens with zero attached hydrogens (tertiary/aromatic N) is 2. The van der Waals surface area contributed by atoms with Crippen molar-refractivity contribution >= 4 is 33.3 Å². The van der Waals surface area contributed by atoms with Gasteiger partial charge < -0.3 is 0 Å². The molecule has 0 amide bonds. The van der Waals surface area contributed by atoms with E-state index in [0.29, 0.717) is 11.9 Å². The first-order valence-corrected chi connectivity index (χ1v) is 10.9. The van der Waals surface area contributed by atoms with Crippen molar-refractivity contribution in [1.82, 2.24) is 9.55 Å². The number of fused-ring (bicyclic) bond motifs is 1. The molecule has 0 spiro atoms. The van der Waals surface area contributed by atoms with Crippen LogP contribution in [-0.4, -0.2) is 9.55 Å². The van der Waals surface area contributed by atoms with Crippen molar-refractivity contribution in [1.29, 1.82) is 0 Å². The fourth-order valence-corrected chi connectivity index (χ4v) is 5.22. The molecule has 0 aliphatic carbocycles. The Hall–Kier alpha value is -2.63. The van der Waals surface area contributed by atoms with Crippen LogP contribution >= 0.6 is 23.1 Å². The van der Waals surface area contributed by atoms with Gasteiger partial charge in [0.1, 0.15) is 4.83 Å². The standard InChI is InChI=1S/C23H20N2OS2/c1-3-13-25-22(26)19-14-20(17-10-5-4-6-11-17)28-21(19)24-23(25)27-15-18-12-8-7-9-16(18)2/h3-12,14H,1,13,15H2,2H3. The number of aryl methyl sites for hydroxylation is 1. The monoisotopic (exact) mass is 404 g/mol. The third kappa shape index (κ3) is 3.68. The number of thioether (sulfide) groups is 1. The maximum atomic E-state index is 13.1. The van der Waals surface area contributed by atoms with Gasteiger partial charge in [-0.3, -0.25) is 9.36 Å². The molecule has 140 valence electrons. The van der Waals surface area contributed by atoms with E-state index >= 15 is 0 Å². The molecule has 2 heterocycles. The van der Waals surface area contributed by atoms with E-state index in [0.717, 1.165) is 26.2 Å². The Morgan fingerprint density at radius 2 is 1.89 bits per heavy atom. The van der Waals surface area contributed by atoms with Crippen molar-refractivity contribution in [2.45, 2.75) is 24.4 Å². The first-order valence-electron chi connectivity index (χ1n) is 9.05. The molecule has 0 aliphatic heterocycles. The van der Waals surface area contributed by atoms with Gasteiger partial charge in [0, 0.05) is 17.2 Å². The summed E-state index contributed by atoms with van der Waals surface area (Å²) in [6, 6.07) is 20.4. The second kappa shape index (κ2) is 8.17. The summed E-state index contributed by atoms with van der Waals surface area (Å²) in [6.07, 6.45) is 1.75. The van der Waals surface area contributed by atoms with Crippen molar-refractivity contribution in [3.8, 4) is 10.4 Å². The lowest BCUT2D eigenvalue weighted by Gasteiger charge is -2.10. The van der Waals surface area contributed by atoms with E-state index < -0.39 is 0 Å². The minimum Gasteiger partial charge on any atom is -0.283 e. The largest absolute Gasteiger partial charge is 0.283 e. The van der Waals surface area contributed by atoms with Crippen LogP contribution in [0.15, 0.2) is 83.3 Å². The highest BCUT2D eigenvalue weighted by Crippen LogP contribution is 2.32. The Balaban J connectivity index is 1.76. The van der Waals surface area contributed by atoms with Crippen LogP contribution in [0.3, 0.4) is 0 Å². The molecule has 0 atom stereocenters. The van der Waals surface area contributed by atoms with Gasteiger partial charge in [-0.25, -0.2) is 4.98 Å². The van der Waals surface area contributed by atoms with Gasteiger partial charge in [-0.1, -0.05) is 72.4 Å². The average molecular weight is 405 g/mol. The summed E-state index contributed by atoms with van der Waals surface area (Å²) in [4.78, 5) is 19.8. The maximum absolute atomic E-state index is 13.1. The molecule has 5 heteroatoms. The molecule has 0 saturated carbocycles. The minimum atomic E-state index is -0.00406. The molecule has 0 fully saturated rings. The molecule has 3 nitrogen and oxygen atoms in total. The summed E-state index contributed by atoms with van der Waals surface area (Å²) >= 11 is 3.17. The molecular weight excluding hydrogens is 384 g/mol. The van der Waals surface area contributed by atoms with Crippen molar-refractivity contribution in [3.63, 3.8) is 0 Å². The molecule has 2 aromatic heterocycles. The minimum absolute atomic E-state index is 0.00406. The third-order valence-electron chi connectivity index (χ3n) is 4.60. The van der Waals surface area contributed by atoms with Crippen LogP contribution in [0.25, 0.3) is 20.7 Å². The van der Waals surface area contributed by atoms with Crippen molar-refractivity contribution in [2.24, 2.45) is 0 Å². The molecule has 2 aromatic carbocycles. The van der Waals surface area contributed by atoms with Crippen LogP contribution < -0.4 is 5.56 Å². The van der Waals surface area contributed by atoms with Gasteiger partial charge in [0.25, 0.3) is 5.56 Å². The summed E-state index contributed by atoms with van der Waals surface area (Å²) in [7, 11) is 0. The second-order valence-corrected chi connectivity index (χ2v) is 8.48. The highest BCUT2D eigenvalue weighted by atomic mass is 32.2. The zero-order chi connectivity index (χ0) is 19.5. The summed E-state index contributed by atoms with van der Waals surface area (Å²) < 4.78 is 1.72. The van der Waals surface area contributed by atoms with Crippen molar-refractivity contribution < 1.29 is 0 Å². The van der Waals surface area contributed by atoms with E-state index in [-0.39, 0.29) is 5.56 Å². The quantitative estimate of drug-likeness (QED) is 0.228. The second-order valence-electron chi connectivity index (χ2n) is 6.51. The number of hydrogen-bond acceptors (Lipinski definition) is 4. The fraction of sp³-hybridized carbons (Fsp3) is 0.130. The molecule has 4 rings (SSSR count). The summed E-state index contributed by atoms with van der Waals surface area (Å²) in [5, 5.41) is 1.41. The van der Waals surface area contributed by atoms with E-state index in [1.807, 2.05) is 36.4 Å². The number of rotatable bonds is 6. The van der Waals surface area contributed by atoms with Gasteiger partial charge >= 0.3 is 0 Å². The Kier molecular flexibility index (Phi) is 5.46. The van der Waals surface area contributed by atoms with E-state index in [1.54, 1.807) is 33.7 Å². The lowest BCUT2D eigenvalue weighted by atomic mass is 10.1. The molecule has 0 bridgehead atoms. The third-order valence-corrected chi connectivity index (χ3v) is 6.71. The molecule has 28 heavy (non-hydrogen) atoms. The van der Waals surface area contributed by atoms with Crippen LogP contribution in [-0.2, 0) is 12.3 Å². The molecule has 4 aromatic rings. The zero-order valence-corrected chi connectivity index (χ0v) is 17.2. The topological polar surface area (TPSA) is 34.9 Å². The first-order chi connectivity index (χ1) is 13.7. The van der Waals surface area contributed by atoms with Gasteiger partial charge in [0.2, 0.25) is 0 Å². The normalized spacial score (nSPS) is 11.0. The van der Waals surface area contributed by atoms with Crippen molar-refractivity contribution in [3.05, 3.63) is 94.8 Å². The van der Waals surface area contributed by atoms with Gasteiger partial charge in [0.05, 0.1) is 5.39 Å². The molecule has 0 radical (unpaired) electrons. The number of hydrogen-bond donors (Lipinski definition) is 0. The van der Waals surface area contributed by atoms with Crippen LogP contribution in [0, 0.1) is 6.92 Å². The van der Waals surface area contributed by atoms with Gasteiger partial charge in [-0.15, -0.1) is 17.9 Å². The number of aromatic nitrogens is 2. The van der Waals surface area contributed by atoms with Crippen LogP contribution in [0.2, 0.25) is 0 Å². The van der Waals surface area contributed by atoms with Crippen LogP contribution in [0.1, 0.15) is 11.1 Å². The zero-order valence-electron chi connectivity index (χ0n) is 15.6. The van der Waals surface area contributed by atoms with Gasteiger partial charge in [0.15, 0.2) is 5.16 Å². The van der Waals surface area contributed by atoms with Crippen LogP contribution in [0.5, 0.6) is 0 Å². The maximum Gasteiger partial charge on any atom is 0.263 e. The van der Waals surface area contributed by atoms with Crippen molar-refractivity contribution in [2.75, 3.05) is 0 Å². The number of allylic oxidation sites excluding steroid dienone is 1. The highest BCUT2D eigenvalue weighted by molar-refractivity contribution is 7.98. The summed E-state index contributed by atoms with van der Waals surface area (Å²) in [5.41, 5.74) is 3.60. The Bertz CT molecular complexity index is 1190. The number of benzene rings is 2. The fourth-order valence-electron chi connectivity index (χ4n) is 3.06. The average Bonchev–Trinajstić information content (AvgIpc) is 3.15. The lowest BCUT2D eigenvalue weighted by Crippen LogP contribution is -2.22.